The van der Waals surface area contributed by atoms with Crippen LogP contribution in [0.2, 0.25) is 5.02 Å². The average molecular weight is 247 g/mol. The van der Waals surface area contributed by atoms with Crippen molar-refractivity contribution in [3.8, 4) is 6.07 Å². The van der Waals surface area contributed by atoms with Crippen LogP contribution in [0.25, 0.3) is 10.9 Å². The highest BCUT2D eigenvalue weighted by molar-refractivity contribution is 6.31. The molecular formula is C13H11ClN2O. The Kier molecular flexibility index (Phi) is 2.91. The molecule has 0 radical (unpaired) electrons. The van der Waals surface area contributed by atoms with E-state index in [1.807, 2.05) is 6.07 Å². The molecule has 0 saturated carbocycles. The van der Waals surface area contributed by atoms with Crippen LogP contribution in [0.3, 0.4) is 0 Å². The first-order valence-corrected chi connectivity index (χ1v) is 5.63. The summed E-state index contributed by atoms with van der Waals surface area (Å²) >= 11 is 5.95. The molecule has 86 valence electrons. The summed E-state index contributed by atoms with van der Waals surface area (Å²) in [5.74, 6) is -0.0128. The van der Waals surface area contributed by atoms with E-state index >= 15 is 0 Å². The van der Waals surface area contributed by atoms with Gasteiger partial charge in [0.15, 0.2) is 5.78 Å². The van der Waals surface area contributed by atoms with Crippen molar-refractivity contribution in [1.82, 2.24) is 4.57 Å². The van der Waals surface area contributed by atoms with Crippen LogP contribution in [-0.2, 0) is 0 Å². The van der Waals surface area contributed by atoms with Gasteiger partial charge in [0.05, 0.1) is 11.6 Å². The molecule has 0 spiro atoms. The van der Waals surface area contributed by atoms with Gasteiger partial charge in [-0.15, -0.1) is 0 Å². The zero-order valence-corrected chi connectivity index (χ0v) is 10.3. The molecule has 0 aliphatic heterocycles. The summed E-state index contributed by atoms with van der Waals surface area (Å²) in [6, 6.07) is 7.16. The van der Waals surface area contributed by atoms with Crippen molar-refractivity contribution >= 4 is 28.3 Å². The van der Waals surface area contributed by atoms with E-state index in [1.54, 1.807) is 29.8 Å². The average Bonchev–Trinajstić information content (AvgIpc) is 2.66. The van der Waals surface area contributed by atoms with E-state index in [9.17, 15) is 4.79 Å². The van der Waals surface area contributed by atoms with E-state index in [2.05, 4.69) is 6.07 Å². The summed E-state index contributed by atoms with van der Waals surface area (Å²) < 4.78 is 1.78. The van der Waals surface area contributed by atoms with Crippen molar-refractivity contribution in [2.75, 3.05) is 0 Å². The Morgan fingerprint density at radius 3 is 2.82 bits per heavy atom. The zero-order chi connectivity index (χ0) is 12.6. The molecule has 0 aliphatic carbocycles. The lowest BCUT2D eigenvalue weighted by molar-refractivity contribution is 0.101. The van der Waals surface area contributed by atoms with Crippen LogP contribution in [0, 0.1) is 11.3 Å². The first kappa shape index (κ1) is 11.7. The number of rotatable bonds is 2. The molecule has 0 N–H and O–H groups in total. The van der Waals surface area contributed by atoms with E-state index in [0.717, 1.165) is 10.9 Å². The maximum absolute atomic E-state index is 11.5. The second kappa shape index (κ2) is 4.23. The number of aromatic nitrogens is 1. The Bertz CT molecular complexity index is 637. The predicted octanol–water partition coefficient (Wildman–Crippen LogP) is 3.58. The zero-order valence-electron chi connectivity index (χ0n) is 9.57. The number of fused-ring (bicyclic) bond motifs is 1. The Morgan fingerprint density at radius 1 is 1.53 bits per heavy atom. The Labute approximate surface area is 104 Å². The largest absolute Gasteiger partial charge is 0.330 e. The van der Waals surface area contributed by atoms with Crippen molar-refractivity contribution in [2.24, 2.45) is 0 Å². The fourth-order valence-corrected chi connectivity index (χ4v) is 2.05. The number of carbonyl (C=O) groups is 1. The molecule has 3 nitrogen and oxygen atoms in total. The van der Waals surface area contributed by atoms with Crippen molar-refractivity contribution < 1.29 is 4.79 Å². The molecule has 4 heteroatoms. The molecule has 1 aromatic heterocycles. The number of ketones is 1. The van der Waals surface area contributed by atoms with Gasteiger partial charge in [-0.1, -0.05) is 17.7 Å². The molecule has 1 unspecified atom stereocenters. The van der Waals surface area contributed by atoms with Gasteiger partial charge in [-0.25, -0.2) is 0 Å². The van der Waals surface area contributed by atoms with Crippen LogP contribution in [0.1, 0.15) is 30.2 Å². The molecule has 0 amide bonds. The van der Waals surface area contributed by atoms with E-state index in [-0.39, 0.29) is 11.8 Å². The van der Waals surface area contributed by atoms with E-state index in [0.29, 0.717) is 10.6 Å². The molecule has 2 rings (SSSR count). The van der Waals surface area contributed by atoms with Gasteiger partial charge in [0, 0.05) is 22.2 Å². The summed E-state index contributed by atoms with van der Waals surface area (Å²) in [4.78, 5) is 11.5. The van der Waals surface area contributed by atoms with E-state index in [1.165, 1.54) is 6.92 Å². The molecule has 0 aliphatic rings. The fraction of sp³-hybridized carbons (Fsp3) is 0.231. The quantitative estimate of drug-likeness (QED) is 0.761. The minimum Gasteiger partial charge on any atom is -0.330 e. The van der Waals surface area contributed by atoms with Gasteiger partial charge in [0.2, 0.25) is 0 Å². The van der Waals surface area contributed by atoms with Crippen LogP contribution < -0.4 is 0 Å². The number of carbonyl (C=O) groups excluding carboxylic acids is 1. The Morgan fingerprint density at radius 2 is 2.24 bits per heavy atom. The lowest BCUT2D eigenvalue weighted by atomic mass is 10.1. The minimum absolute atomic E-state index is 0.0128. The maximum atomic E-state index is 11.5. The highest BCUT2D eigenvalue weighted by Crippen LogP contribution is 2.27. The predicted molar refractivity (Wildman–Crippen MR) is 67.3 cm³/mol. The number of nitrogens with zero attached hydrogens (tertiary/aromatic N) is 2. The highest BCUT2D eigenvalue weighted by Gasteiger charge is 2.15. The summed E-state index contributed by atoms with van der Waals surface area (Å²) in [6.45, 7) is 3.30. The van der Waals surface area contributed by atoms with Gasteiger partial charge in [-0.3, -0.25) is 4.79 Å². The number of hydrogen-bond acceptors (Lipinski definition) is 2. The third kappa shape index (κ3) is 1.92. The molecule has 0 bridgehead atoms. The molecule has 1 aromatic carbocycles. The minimum atomic E-state index is -0.330. The molecule has 2 aromatic rings. The van der Waals surface area contributed by atoms with Crippen LogP contribution >= 0.6 is 11.6 Å². The van der Waals surface area contributed by atoms with Gasteiger partial charge >= 0.3 is 0 Å². The molecule has 1 heterocycles. The maximum Gasteiger partial charge on any atom is 0.161 e. The van der Waals surface area contributed by atoms with Crippen molar-refractivity contribution in [3.63, 3.8) is 0 Å². The highest BCUT2D eigenvalue weighted by atomic mass is 35.5. The second-order valence-corrected chi connectivity index (χ2v) is 4.41. The third-order valence-corrected chi connectivity index (χ3v) is 3.01. The fourth-order valence-electron chi connectivity index (χ4n) is 1.89. The summed E-state index contributed by atoms with van der Waals surface area (Å²) in [5.41, 5.74) is 1.44. The van der Waals surface area contributed by atoms with Crippen molar-refractivity contribution in [3.05, 3.63) is 35.0 Å². The lowest BCUT2D eigenvalue weighted by Crippen LogP contribution is -2.00. The Hall–Kier alpha value is -1.79. The molecule has 1 atom stereocenters. The normalized spacial score (nSPS) is 12.4. The van der Waals surface area contributed by atoms with E-state index in [4.69, 9.17) is 16.9 Å². The SMILES string of the molecule is CC(=O)c1cn(C(C)C#N)c2cc(Cl)ccc12. The smallest absolute Gasteiger partial charge is 0.161 e. The van der Waals surface area contributed by atoms with Crippen LogP contribution in [-0.4, -0.2) is 10.4 Å². The molecule has 0 saturated heterocycles. The second-order valence-electron chi connectivity index (χ2n) is 3.97. The third-order valence-electron chi connectivity index (χ3n) is 2.78. The first-order chi connectivity index (χ1) is 8.04. The number of nitriles is 1. The number of benzene rings is 1. The van der Waals surface area contributed by atoms with Gasteiger partial charge in [-0.2, -0.15) is 5.26 Å². The number of Topliss-reactive ketones (excluding diaryl/α,β-unsaturated/α-hetero) is 1. The van der Waals surface area contributed by atoms with Crippen molar-refractivity contribution in [1.29, 1.82) is 5.26 Å². The number of hydrogen-bond donors (Lipinski definition) is 0. The van der Waals surface area contributed by atoms with Crippen LogP contribution in [0.4, 0.5) is 0 Å². The van der Waals surface area contributed by atoms with Crippen molar-refractivity contribution in [2.45, 2.75) is 19.9 Å². The van der Waals surface area contributed by atoms with Gasteiger partial charge in [0.25, 0.3) is 0 Å². The molecule has 17 heavy (non-hydrogen) atoms. The van der Waals surface area contributed by atoms with Crippen LogP contribution in [0.15, 0.2) is 24.4 Å². The number of halogens is 1. The van der Waals surface area contributed by atoms with E-state index < -0.39 is 0 Å². The topological polar surface area (TPSA) is 45.8 Å². The summed E-state index contributed by atoms with van der Waals surface area (Å²) in [5, 5.41) is 10.4. The lowest BCUT2D eigenvalue weighted by Gasteiger charge is -2.06. The van der Waals surface area contributed by atoms with Gasteiger partial charge in [0.1, 0.15) is 6.04 Å². The van der Waals surface area contributed by atoms with Gasteiger partial charge < -0.3 is 4.57 Å². The standard InChI is InChI=1S/C13H11ClN2O/c1-8(6-15)16-7-12(9(2)17)11-4-3-10(14)5-13(11)16/h3-5,7-8H,1-2H3. The molecular weight excluding hydrogens is 236 g/mol. The first-order valence-electron chi connectivity index (χ1n) is 5.25. The van der Waals surface area contributed by atoms with Crippen LogP contribution in [0.5, 0.6) is 0 Å². The summed E-state index contributed by atoms with van der Waals surface area (Å²) in [7, 11) is 0. The van der Waals surface area contributed by atoms with Gasteiger partial charge in [-0.05, 0) is 26.0 Å². The molecule has 0 fully saturated rings. The summed E-state index contributed by atoms with van der Waals surface area (Å²) in [6.07, 6.45) is 1.72. The monoisotopic (exact) mass is 246 g/mol. The Balaban J connectivity index is 2.81.